The average Bonchev–Trinajstić information content (AvgIpc) is 2.89. The predicted octanol–water partition coefficient (Wildman–Crippen LogP) is 3.97. The van der Waals surface area contributed by atoms with E-state index in [1.165, 1.54) is 0 Å². The Morgan fingerprint density at radius 3 is 2.25 bits per heavy atom. The Balaban J connectivity index is 2.13. The van der Waals surface area contributed by atoms with Crippen molar-refractivity contribution in [3.05, 3.63) is 45.9 Å². The maximum atomic E-state index is 12.3. The van der Waals surface area contributed by atoms with Gasteiger partial charge in [0.1, 0.15) is 0 Å². The van der Waals surface area contributed by atoms with E-state index in [4.69, 9.17) is 14.2 Å². The standard InChI is InChI=1S/C18H16BrNO4/c1-22-15-7-10(8-16(23-2)17(15)24-3)6-13-12-9-11(19)4-5-14(12)20-18(13)21/h4-9H,1-3H3,(H,20,21)/b13-6-. The number of hydrogen-bond acceptors (Lipinski definition) is 4. The van der Waals surface area contributed by atoms with Crippen molar-refractivity contribution in [2.24, 2.45) is 0 Å². The summed E-state index contributed by atoms with van der Waals surface area (Å²) in [7, 11) is 4.67. The van der Waals surface area contributed by atoms with E-state index in [0.29, 0.717) is 22.8 Å². The van der Waals surface area contributed by atoms with Gasteiger partial charge in [0, 0.05) is 21.3 Å². The van der Waals surface area contributed by atoms with Gasteiger partial charge in [0.25, 0.3) is 5.91 Å². The molecule has 0 fully saturated rings. The van der Waals surface area contributed by atoms with Gasteiger partial charge in [-0.05, 0) is 42.0 Å². The monoisotopic (exact) mass is 389 g/mol. The fraction of sp³-hybridized carbons (Fsp3) is 0.167. The van der Waals surface area contributed by atoms with Crippen molar-refractivity contribution in [1.82, 2.24) is 0 Å². The van der Waals surface area contributed by atoms with E-state index in [2.05, 4.69) is 21.2 Å². The van der Waals surface area contributed by atoms with Crippen LogP contribution in [0.25, 0.3) is 11.6 Å². The molecule has 0 bridgehead atoms. The zero-order valence-corrected chi connectivity index (χ0v) is 15.1. The molecule has 0 unspecified atom stereocenters. The first kappa shape index (κ1) is 16.4. The molecule has 1 N–H and O–H groups in total. The van der Waals surface area contributed by atoms with Gasteiger partial charge < -0.3 is 19.5 Å². The summed E-state index contributed by atoms with van der Waals surface area (Å²) in [6.45, 7) is 0. The number of fused-ring (bicyclic) bond motifs is 1. The second-order valence-electron chi connectivity index (χ2n) is 5.16. The van der Waals surface area contributed by atoms with Crippen molar-refractivity contribution < 1.29 is 19.0 Å². The Labute approximate surface area is 148 Å². The van der Waals surface area contributed by atoms with Crippen molar-refractivity contribution in [1.29, 1.82) is 0 Å². The van der Waals surface area contributed by atoms with Gasteiger partial charge in [-0.25, -0.2) is 0 Å². The lowest BCUT2D eigenvalue weighted by Gasteiger charge is -2.13. The molecule has 2 aromatic rings. The number of carbonyl (C=O) groups excluding carboxylic acids is 1. The summed E-state index contributed by atoms with van der Waals surface area (Å²) >= 11 is 3.44. The lowest BCUT2D eigenvalue weighted by Crippen LogP contribution is -2.03. The summed E-state index contributed by atoms with van der Waals surface area (Å²) in [5.74, 6) is 1.45. The van der Waals surface area contributed by atoms with E-state index in [9.17, 15) is 4.79 Å². The first-order valence-electron chi connectivity index (χ1n) is 7.20. The van der Waals surface area contributed by atoms with Crippen LogP contribution in [-0.2, 0) is 4.79 Å². The molecule has 3 rings (SSSR count). The fourth-order valence-electron chi connectivity index (χ4n) is 2.65. The van der Waals surface area contributed by atoms with E-state index in [1.54, 1.807) is 39.5 Å². The number of amides is 1. The molecule has 24 heavy (non-hydrogen) atoms. The molecule has 6 heteroatoms. The van der Waals surface area contributed by atoms with Gasteiger partial charge in [-0.1, -0.05) is 15.9 Å². The first-order chi connectivity index (χ1) is 11.6. The minimum Gasteiger partial charge on any atom is -0.493 e. The smallest absolute Gasteiger partial charge is 0.256 e. The van der Waals surface area contributed by atoms with Crippen molar-refractivity contribution in [3.8, 4) is 17.2 Å². The number of halogens is 1. The lowest BCUT2D eigenvalue weighted by atomic mass is 10.0. The molecule has 1 heterocycles. The second-order valence-corrected chi connectivity index (χ2v) is 6.08. The molecule has 0 saturated carbocycles. The maximum Gasteiger partial charge on any atom is 0.256 e. The van der Waals surface area contributed by atoms with E-state index in [0.717, 1.165) is 21.3 Å². The van der Waals surface area contributed by atoms with E-state index in [1.807, 2.05) is 18.2 Å². The van der Waals surface area contributed by atoms with Crippen LogP contribution in [0.3, 0.4) is 0 Å². The molecule has 0 atom stereocenters. The fourth-order valence-corrected chi connectivity index (χ4v) is 3.02. The van der Waals surface area contributed by atoms with Crippen LogP contribution in [0.4, 0.5) is 5.69 Å². The van der Waals surface area contributed by atoms with Gasteiger partial charge >= 0.3 is 0 Å². The Hall–Kier alpha value is -2.47. The second kappa shape index (κ2) is 6.57. The number of rotatable bonds is 4. The van der Waals surface area contributed by atoms with Crippen molar-refractivity contribution in [2.75, 3.05) is 26.6 Å². The molecule has 0 spiro atoms. The highest BCUT2D eigenvalue weighted by Crippen LogP contribution is 2.40. The van der Waals surface area contributed by atoms with Gasteiger partial charge in [-0.2, -0.15) is 0 Å². The van der Waals surface area contributed by atoms with Crippen LogP contribution in [0.1, 0.15) is 11.1 Å². The van der Waals surface area contributed by atoms with E-state index < -0.39 is 0 Å². The average molecular weight is 390 g/mol. The number of hydrogen-bond donors (Lipinski definition) is 1. The maximum absolute atomic E-state index is 12.3. The molecule has 0 aromatic heterocycles. The third kappa shape index (κ3) is 2.85. The topological polar surface area (TPSA) is 56.8 Å². The molecular weight excluding hydrogens is 374 g/mol. The third-order valence-corrected chi connectivity index (χ3v) is 4.26. The summed E-state index contributed by atoms with van der Waals surface area (Å²) in [5, 5.41) is 2.86. The Morgan fingerprint density at radius 2 is 1.67 bits per heavy atom. The molecule has 1 aliphatic rings. The Kier molecular flexibility index (Phi) is 4.49. The quantitative estimate of drug-likeness (QED) is 0.803. The number of ether oxygens (including phenoxy) is 3. The normalized spacial score (nSPS) is 14.3. The van der Waals surface area contributed by atoms with Crippen LogP contribution in [-0.4, -0.2) is 27.2 Å². The van der Waals surface area contributed by atoms with Gasteiger partial charge in [0.05, 0.1) is 21.3 Å². The molecule has 0 aliphatic carbocycles. The van der Waals surface area contributed by atoms with E-state index in [-0.39, 0.29) is 5.91 Å². The first-order valence-corrected chi connectivity index (χ1v) is 7.99. The predicted molar refractivity (Wildman–Crippen MR) is 96.7 cm³/mol. The lowest BCUT2D eigenvalue weighted by molar-refractivity contribution is -0.110. The molecule has 1 amide bonds. The zero-order chi connectivity index (χ0) is 17.3. The number of benzene rings is 2. The number of nitrogens with one attached hydrogen (secondary N) is 1. The Morgan fingerprint density at radius 1 is 1.00 bits per heavy atom. The molecule has 1 aliphatic heterocycles. The van der Waals surface area contributed by atoms with Gasteiger partial charge in [-0.15, -0.1) is 0 Å². The minimum absolute atomic E-state index is 0.142. The van der Waals surface area contributed by atoms with Gasteiger partial charge in [0.2, 0.25) is 5.75 Å². The van der Waals surface area contributed by atoms with Crippen LogP contribution in [0.2, 0.25) is 0 Å². The third-order valence-electron chi connectivity index (χ3n) is 3.76. The van der Waals surface area contributed by atoms with Crippen LogP contribution in [0.5, 0.6) is 17.2 Å². The van der Waals surface area contributed by atoms with Crippen molar-refractivity contribution in [3.63, 3.8) is 0 Å². The number of anilines is 1. The highest BCUT2D eigenvalue weighted by Gasteiger charge is 2.24. The van der Waals surface area contributed by atoms with Crippen LogP contribution in [0.15, 0.2) is 34.8 Å². The minimum atomic E-state index is -0.142. The summed E-state index contributed by atoms with van der Waals surface area (Å²) in [6.07, 6.45) is 1.80. The van der Waals surface area contributed by atoms with Crippen LogP contribution >= 0.6 is 15.9 Å². The zero-order valence-electron chi connectivity index (χ0n) is 13.5. The SMILES string of the molecule is COc1cc(/C=C2\C(=O)Nc3ccc(Br)cc32)cc(OC)c1OC. The highest BCUT2D eigenvalue weighted by molar-refractivity contribution is 9.10. The molecule has 0 saturated heterocycles. The summed E-state index contributed by atoms with van der Waals surface area (Å²) in [4.78, 5) is 12.3. The molecule has 0 radical (unpaired) electrons. The van der Waals surface area contributed by atoms with Crippen LogP contribution in [0, 0.1) is 0 Å². The van der Waals surface area contributed by atoms with Crippen LogP contribution < -0.4 is 19.5 Å². The largest absolute Gasteiger partial charge is 0.493 e. The molecule has 2 aromatic carbocycles. The van der Waals surface area contributed by atoms with Gasteiger partial charge in [0.15, 0.2) is 11.5 Å². The van der Waals surface area contributed by atoms with E-state index >= 15 is 0 Å². The Bertz CT molecular complexity index is 820. The number of carbonyl (C=O) groups is 1. The number of methoxy groups -OCH3 is 3. The summed E-state index contributed by atoms with van der Waals surface area (Å²) in [6, 6.07) is 9.28. The summed E-state index contributed by atoms with van der Waals surface area (Å²) in [5.41, 5.74) is 3.01. The highest BCUT2D eigenvalue weighted by atomic mass is 79.9. The molecular formula is C18H16BrNO4. The van der Waals surface area contributed by atoms with Crippen molar-refractivity contribution >= 4 is 39.2 Å². The van der Waals surface area contributed by atoms with Crippen molar-refractivity contribution in [2.45, 2.75) is 0 Å². The van der Waals surface area contributed by atoms with Gasteiger partial charge in [-0.3, -0.25) is 4.79 Å². The molecule has 124 valence electrons. The molecule has 5 nitrogen and oxygen atoms in total. The summed E-state index contributed by atoms with van der Waals surface area (Å²) < 4.78 is 16.9.